The first-order valence-corrected chi connectivity index (χ1v) is 9.64. The average molecular weight is 370 g/mol. The van der Waals surface area contributed by atoms with Crippen LogP contribution in [0, 0.1) is 0 Å². The second kappa shape index (κ2) is 8.40. The van der Waals surface area contributed by atoms with E-state index in [4.69, 9.17) is 0 Å². The second-order valence-electron chi connectivity index (χ2n) is 5.71. The van der Waals surface area contributed by atoms with E-state index in [1.165, 1.54) is 42.5 Å². The van der Waals surface area contributed by atoms with Crippen LogP contribution in [0.1, 0.15) is 17.5 Å². The molecular formula is C20H18O5S. The molecule has 0 aliphatic heterocycles. The van der Waals surface area contributed by atoms with E-state index in [0.29, 0.717) is 5.56 Å². The van der Waals surface area contributed by atoms with Crippen LogP contribution in [0.25, 0.3) is 12.2 Å². The molecule has 0 atom stereocenters. The summed E-state index contributed by atoms with van der Waals surface area (Å²) in [6.45, 7) is 0. The standard InChI is InChI=1S/C20H18O5S/c1-26(24,25)20-12-6-16(7-13-20)5-11-19(23)14-18(22)10-4-15-2-8-17(21)9-3-15/h2-13,21H,14H2,1H3/b10-4+,11-5+. The van der Waals surface area contributed by atoms with Gasteiger partial charge in [-0.2, -0.15) is 0 Å². The lowest BCUT2D eigenvalue weighted by molar-refractivity contribution is -0.121. The topological polar surface area (TPSA) is 88.5 Å². The summed E-state index contributed by atoms with van der Waals surface area (Å²) in [5, 5.41) is 9.19. The Morgan fingerprint density at radius 3 is 1.69 bits per heavy atom. The van der Waals surface area contributed by atoms with Crippen LogP contribution < -0.4 is 0 Å². The normalized spacial score (nSPS) is 11.9. The number of carbonyl (C=O) groups is 2. The minimum Gasteiger partial charge on any atom is -0.508 e. The first-order valence-electron chi connectivity index (χ1n) is 7.75. The van der Waals surface area contributed by atoms with E-state index < -0.39 is 9.84 Å². The van der Waals surface area contributed by atoms with Gasteiger partial charge in [0.05, 0.1) is 11.3 Å². The van der Waals surface area contributed by atoms with Crippen LogP contribution in [0.3, 0.4) is 0 Å². The number of carbonyl (C=O) groups excluding carboxylic acids is 2. The fraction of sp³-hybridized carbons (Fsp3) is 0.100. The van der Waals surface area contributed by atoms with Gasteiger partial charge in [0.1, 0.15) is 5.75 Å². The summed E-state index contributed by atoms with van der Waals surface area (Å²) in [7, 11) is -3.26. The molecule has 6 heteroatoms. The van der Waals surface area contributed by atoms with E-state index in [-0.39, 0.29) is 28.6 Å². The van der Waals surface area contributed by atoms with Crippen molar-refractivity contribution < 1.29 is 23.1 Å². The lowest BCUT2D eigenvalue weighted by Crippen LogP contribution is -2.01. The van der Waals surface area contributed by atoms with Crippen LogP contribution >= 0.6 is 0 Å². The fourth-order valence-electron chi connectivity index (χ4n) is 2.08. The molecule has 0 saturated heterocycles. The Labute approximate surface area is 152 Å². The lowest BCUT2D eigenvalue weighted by Gasteiger charge is -1.98. The quantitative estimate of drug-likeness (QED) is 0.598. The SMILES string of the molecule is CS(=O)(=O)c1ccc(/C=C/C(=O)CC(=O)/C=C/c2ccc(O)cc2)cc1. The lowest BCUT2D eigenvalue weighted by atomic mass is 10.1. The maximum atomic E-state index is 11.8. The van der Waals surface area contributed by atoms with Crippen LogP contribution in [0.4, 0.5) is 0 Å². The predicted octanol–water partition coefficient (Wildman–Crippen LogP) is 3.05. The Morgan fingerprint density at radius 1 is 0.846 bits per heavy atom. The Morgan fingerprint density at radius 2 is 1.27 bits per heavy atom. The second-order valence-corrected chi connectivity index (χ2v) is 7.72. The van der Waals surface area contributed by atoms with Crippen molar-refractivity contribution in [2.24, 2.45) is 0 Å². The van der Waals surface area contributed by atoms with E-state index in [1.54, 1.807) is 30.3 Å². The summed E-state index contributed by atoms with van der Waals surface area (Å²) in [6.07, 6.45) is 6.58. The average Bonchev–Trinajstić information content (AvgIpc) is 2.59. The zero-order valence-electron chi connectivity index (χ0n) is 14.1. The van der Waals surface area contributed by atoms with Gasteiger partial charge in [0, 0.05) is 6.26 Å². The van der Waals surface area contributed by atoms with Gasteiger partial charge in [-0.1, -0.05) is 36.4 Å². The summed E-state index contributed by atoms with van der Waals surface area (Å²) in [5.74, 6) is -0.545. The Balaban J connectivity index is 1.92. The summed E-state index contributed by atoms with van der Waals surface area (Å²) in [5.41, 5.74) is 1.41. The third kappa shape index (κ3) is 6.14. The van der Waals surface area contributed by atoms with E-state index in [1.807, 2.05) is 0 Å². The Hall–Kier alpha value is -2.99. The van der Waals surface area contributed by atoms with Crippen molar-refractivity contribution in [1.29, 1.82) is 0 Å². The van der Waals surface area contributed by atoms with Crippen LogP contribution in [0.15, 0.2) is 65.6 Å². The molecule has 0 radical (unpaired) electrons. The molecule has 0 spiro atoms. The van der Waals surface area contributed by atoms with E-state index in [0.717, 1.165) is 11.8 Å². The van der Waals surface area contributed by atoms with Crippen LogP contribution in [0.5, 0.6) is 5.75 Å². The van der Waals surface area contributed by atoms with Crippen molar-refractivity contribution in [3.63, 3.8) is 0 Å². The molecule has 5 nitrogen and oxygen atoms in total. The van der Waals surface area contributed by atoms with Crippen LogP contribution in [0.2, 0.25) is 0 Å². The zero-order valence-corrected chi connectivity index (χ0v) is 14.9. The van der Waals surface area contributed by atoms with Gasteiger partial charge < -0.3 is 5.11 Å². The largest absolute Gasteiger partial charge is 0.508 e. The molecule has 0 unspecified atom stereocenters. The molecule has 0 heterocycles. The molecule has 2 rings (SSSR count). The molecule has 2 aromatic carbocycles. The summed E-state index contributed by atoms with van der Waals surface area (Å²) >= 11 is 0. The number of allylic oxidation sites excluding steroid dienone is 2. The van der Waals surface area contributed by atoms with E-state index in [2.05, 4.69) is 0 Å². The minimum absolute atomic E-state index is 0.137. The molecule has 0 aromatic heterocycles. The number of sulfone groups is 1. The molecular weight excluding hydrogens is 352 g/mol. The van der Waals surface area contributed by atoms with Crippen molar-refractivity contribution in [2.75, 3.05) is 6.26 Å². The van der Waals surface area contributed by atoms with E-state index >= 15 is 0 Å². The third-order valence-electron chi connectivity index (χ3n) is 3.47. The van der Waals surface area contributed by atoms with Gasteiger partial charge in [-0.25, -0.2) is 8.42 Å². The predicted molar refractivity (Wildman–Crippen MR) is 100 cm³/mol. The highest BCUT2D eigenvalue weighted by atomic mass is 32.2. The number of phenolic OH excluding ortho intramolecular Hbond substituents is 1. The maximum absolute atomic E-state index is 11.8. The van der Waals surface area contributed by atoms with Gasteiger partial charge in [-0.3, -0.25) is 9.59 Å². The molecule has 0 amide bonds. The van der Waals surface area contributed by atoms with Gasteiger partial charge in [-0.05, 0) is 47.5 Å². The van der Waals surface area contributed by atoms with Crippen LogP contribution in [-0.2, 0) is 19.4 Å². The minimum atomic E-state index is -3.26. The monoisotopic (exact) mass is 370 g/mol. The fourth-order valence-corrected chi connectivity index (χ4v) is 2.71. The van der Waals surface area contributed by atoms with Crippen molar-refractivity contribution >= 4 is 33.6 Å². The van der Waals surface area contributed by atoms with Gasteiger partial charge >= 0.3 is 0 Å². The Bertz CT molecular complexity index is 950. The van der Waals surface area contributed by atoms with E-state index in [9.17, 15) is 23.1 Å². The van der Waals surface area contributed by atoms with Crippen LogP contribution in [-0.4, -0.2) is 31.3 Å². The molecule has 2 aromatic rings. The van der Waals surface area contributed by atoms with Gasteiger partial charge in [0.25, 0.3) is 0 Å². The molecule has 0 bridgehead atoms. The molecule has 0 aliphatic rings. The summed E-state index contributed by atoms with van der Waals surface area (Å²) < 4.78 is 22.8. The number of phenols is 1. The molecule has 26 heavy (non-hydrogen) atoms. The zero-order chi connectivity index (χ0) is 19.2. The van der Waals surface area contributed by atoms with Gasteiger partial charge in [-0.15, -0.1) is 0 Å². The number of ketones is 2. The molecule has 0 fully saturated rings. The summed E-state index contributed by atoms with van der Waals surface area (Å²) in [4.78, 5) is 23.8. The number of hydrogen-bond donors (Lipinski definition) is 1. The number of rotatable bonds is 7. The first kappa shape index (κ1) is 19.3. The highest BCUT2D eigenvalue weighted by molar-refractivity contribution is 7.90. The Kier molecular flexibility index (Phi) is 6.25. The van der Waals surface area contributed by atoms with Crippen molar-refractivity contribution in [3.8, 4) is 5.75 Å². The first-order chi connectivity index (χ1) is 12.2. The van der Waals surface area contributed by atoms with Gasteiger partial charge in [0.2, 0.25) is 0 Å². The number of aromatic hydroxyl groups is 1. The molecule has 0 aliphatic carbocycles. The number of benzene rings is 2. The van der Waals surface area contributed by atoms with Gasteiger partial charge in [0.15, 0.2) is 21.4 Å². The molecule has 0 saturated carbocycles. The third-order valence-corrected chi connectivity index (χ3v) is 4.60. The van der Waals surface area contributed by atoms with Crippen molar-refractivity contribution in [1.82, 2.24) is 0 Å². The highest BCUT2D eigenvalue weighted by Gasteiger charge is 2.06. The summed E-state index contributed by atoms with van der Waals surface area (Å²) in [6, 6.07) is 12.4. The smallest absolute Gasteiger partial charge is 0.175 e. The highest BCUT2D eigenvalue weighted by Crippen LogP contribution is 2.12. The number of hydrogen-bond acceptors (Lipinski definition) is 5. The van der Waals surface area contributed by atoms with Crippen molar-refractivity contribution in [2.45, 2.75) is 11.3 Å². The van der Waals surface area contributed by atoms with Crippen molar-refractivity contribution in [3.05, 3.63) is 71.8 Å². The molecule has 1 N–H and O–H groups in total. The maximum Gasteiger partial charge on any atom is 0.175 e. The molecule has 134 valence electrons.